The maximum Gasteiger partial charge on any atom is 0.145 e. The molecule has 2 aromatic carbocycles. The minimum Gasteiger partial charge on any atom is -0.493 e. The second-order valence-corrected chi connectivity index (χ2v) is 9.89. The van der Waals surface area contributed by atoms with Gasteiger partial charge in [0, 0.05) is 18.4 Å². The van der Waals surface area contributed by atoms with Crippen molar-refractivity contribution in [3.8, 4) is 11.5 Å². The number of hydrogen-bond donors (Lipinski definition) is 1. The zero-order valence-electron chi connectivity index (χ0n) is 21.1. The van der Waals surface area contributed by atoms with E-state index in [2.05, 4.69) is 32.1 Å². The summed E-state index contributed by atoms with van der Waals surface area (Å²) in [5.74, 6) is 2.88. The molecule has 0 spiro atoms. The molecule has 1 saturated heterocycles. The second kappa shape index (κ2) is 12.2. The quantitative estimate of drug-likeness (QED) is 0.241. The molecule has 0 atom stereocenters. The van der Waals surface area contributed by atoms with E-state index in [-0.39, 0.29) is 0 Å². The van der Waals surface area contributed by atoms with Gasteiger partial charge in [-0.25, -0.2) is 9.97 Å². The summed E-state index contributed by atoms with van der Waals surface area (Å²) in [5, 5.41) is 4.74. The first-order valence-corrected chi connectivity index (χ1v) is 13.2. The third-order valence-corrected chi connectivity index (χ3v) is 6.97. The van der Waals surface area contributed by atoms with Crippen LogP contribution in [0.25, 0.3) is 10.9 Å². The fourth-order valence-corrected chi connectivity index (χ4v) is 4.75. The van der Waals surface area contributed by atoms with E-state index in [1.54, 1.807) is 12.5 Å². The van der Waals surface area contributed by atoms with Crippen molar-refractivity contribution < 1.29 is 9.47 Å². The lowest BCUT2D eigenvalue weighted by atomic mass is 9.99. The van der Waals surface area contributed by atoms with E-state index in [1.807, 2.05) is 54.6 Å². The highest BCUT2D eigenvalue weighted by Crippen LogP contribution is 2.34. The molecule has 0 aliphatic carbocycles. The Morgan fingerprint density at radius 2 is 1.86 bits per heavy atom. The van der Waals surface area contributed by atoms with Gasteiger partial charge in [-0.1, -0.05) is 30.7 Å². The molecule has 8 heteroatoms. The van der Waals surface area contributed by atoms with Crippen LogP contribution in [0.15, 0.2) is 67.1 Å². The number of piperidine rings is 1. The van der Waals surface area contributed by atoms with Gasteiger partial charge in [-0.2, -0.15) is 0 Å². The Hall–Kier alpha value is -3.42. The Labute approximate surface area is 222 Å². The maximum absolute atomic E-state index is 6.52. The standard InChI is InChI=1S/C29H32ClN5O2/c1-21-11-15-35(16-12-21)14-5-17-36-27-8-4-7-25-28(27)29(33-20-32-25)34-22-9-10-26(24(30)18-22)37-19-23-6-2-3-13-31-23/h2-4,6-10,13,18,20-21H,5,11-12,14-17,19H2,1H3,(H,32,33,34). The molecule has 0 unspecified atom stereocenters. The number of aromatic nitrogens is 3. The molecule has 0 bridgehead atoms. The number of pyridine rings is 1. The lowest BCUT2D eigenvalue weighted by molar-refractivity contribution is 0.178. The van der Waals surface area contributed by atoms with E-state index in [0.29, 0.717) is 29.8 Å². The molecule has 5 rings (SSSR count). The molecule has 3 heterocycles. The van der Waals surface area contributed by atoms with Gasteiger partial charge in [0.05, 0.1) is 28.2 Å². The molecular weight excluding hydrogens is 486 g/mol. The van der Waals surface area contributed by atoms with Crippen molar-refractivity contribution >= 4 is 34.0 Å². The van der Waals surface area contributed by atoms with Gasteiger partial charge in [0.25, 0.3) is 0 Å². The summed E-state index contributed by atoms with van der Waals surface area (Å²) in [7, 11) is 0. The SMILES string of the molecule is CC1CCN(CCCOc2cccc3ncnc(Nc4ccc(OCc5ccccn5)c(Cl)c4)c23)CC1. The van der Waals surface area contributed by atoms with Crippen molar-refractivity contribution in [3.05, 3.63) is 77.8 Å². The van der Waals surface area contributed by atoms with Gasteiger partial charge in [-0.15, -0.1) is 0 Å². The molecule has 0 saturated carbocycles. The number of ether oxygens (including phenoxy) is 2. The molecular formula is C29H32ClN5O2. The summed E-state index contributed by atoms with van der Waals surface area (Å²) in [6, 6.07) is 17.2. The number of hydrogen-bond acceptors (Lipinski definition) is 7. The summed E-state index contributed by atoms with van der Waals surface area (Å²) in [6.07, 6.45) is 6.86. The smallest absolute Gasteiger partial charge is 0.145 e. The molecule has 0 amide bonds. The van der Waals surface area contributed by atoms with Crippen LogP contribution in [-0.4, -0.2) is 46.1 Å². The van der Waals surface area contributed by atoms with Gasteiger partial charge < -0.3 is 19.7 Å². The summed E-state index contributed by atoms with van der Waals surface area (Å²) in [4.78, 5) is 15.8. The molecule has 2 aromatic heterocycles. The number of benzene rings is 2. The Balaban J connectivity index is 1.24. The summed E-state index contributed by atoms with van der Waals surface area (Å²) >= 11 is 6.52. The Morgan fingerprint density at radius 1 is 0.973 bits per heavy atom. The molecule has 192 valence electrons. The van der Waals surface area contributed by atoms with Crippen LogP contribution in [0.5, 0.6) is 11.5 Å². The topological polar surface area (TPSA) is 72.4 Å². The Bertz CT molecular complexity index is 1310. The third-order valence-electron chi connectivity index (χ3n) is 6.67. The fourth-order valence-electron chi connectivity index (χ4n) is 4.52. The average molecular weight is 518 g/mol. The van der Waals surface area contributed by atoms with Crippen LogP contribution in [0.2, 0.25) is 5.02 Å². The average Bonchev–Trinajstić information content (AvgIpc) is 2.92. The predicted molar refractivity (Wildman–Crippen MR) is 148 cm³/mol. The van der Waals surface area contributed by atoms with E-state index in [9.17, 15) is 0 Å². The monoisotopic (exact) mass is 517 g/mol. The molecule has 0 radical (unpaired) electrons. The highest BCUT2D eigenvalue weighted by Gasteiger charge is 2.16. The Morgan fingerprint density at radius 3 is 2.68 bits per heavy atom. The lowest BCUT2D eigenvalue weighted by Gasteiger charge is -2.30. The number of halogens is 1. The zero-order chi connectivity index (χ0) is 25.5. The van der Waals surface area contributed by atoms with Gasteiger partial charge >= 0.3 is 0 Å². The highest BCUT2D eigenvalue weighted by atomic mass is 35.5. The van der Waals surface area contributed by atoms with Crippen LogP contribution in [0.3, 0.4) is 0 Å². The predicted octanol–water partition coefficient (Wildman–Crippen LogP) is 6.50. The van der Waals surface area contributed by atoms with Crippen molar-refractivity contribution in [3.63, 3.8) is 0 Å². The van der Waals surface area contributed by atoms with Crippen molar-refractivity contribution in [2.24, 2.45) is 5.92 Å². The van der Waals surface area contributed by atoms with E-state index in [4.69, 9.17) is 21.1 Å². The van der Waals surface area contributed by atoms with E-state index in [1.165, 1.54) is 25.9 Å². The first-order valence-electron chi connectivity index (χ1n) is 12.8. The fraction of sp³-hybridized carbons (Fsp3) is 0.345. The van der Waals surface area contributed by atoms with Crippen molar-refractivity contribution in [2.75, 3.05) is 31.6 Å². The first kappa shape index (κ1) is 25.2. The third kappa shape index (κ3) is 6.67. The van der Waals surface area contributed by atoms with E-state index >= 15 is 0 Å². The minimum absolute atomic E-state index is 0.349. The Kier molecular flexibility index (Phi) is 8.33. The molecule has 4 aromatic rings. The van der Waals surface area contributed by atoms with Crippen LogP contribution >= 0.6 is 11.6 Å². The normalized spacial score (nSPS) is 14.5. The van der Waals surface area contributed by atoms with Crippen LogP contribution in [0.1, 0.15) is 31.9 Å². The molecule has 1 fully saturated rings. The second-order valence-electron chi connectivity index (χ2n) is 9.48. The van der Waals surface area contributed by atoms with Gasteiger partial charge in [-0.05, 0) is 80.7 Å². The van der Waals surface area contributed by atoms with Gasteiger partial charge in [0.15, 0.2) is 0 Å². The number of nitrogens with one attached hydrogen (secondary N) is 1. The van der Waals surface area contributed by atoms with Gasteiger partial charge in [0.1, 0.15) is 30.3 Å². The van der Waals surface area contributed by atoms with Crippen molar-refractivity contribution in [2.45, 2.75) is 32.8 Å². The van der Waals surface area contributed by atoms with Crippen LogP contribution in [0.4, 0.5) is 11.5 Å². The maximum atomic E-state index is 6.52. The molecule has 7 nitrogen and oxygen atoms in total. The number of fused-ring (bicyclic) bond motifs is 1. The van der Waals surface area contributed by atoms with Crippen molar-refractivity contribution in [1.82, 2.24) is 19.9 Å². The van der Waals surface area contributed by atoms with Crippen LogP contribution in [0, 0.1) is 5.92 Å². The number of likely N-dealkylation sites (tertiary alicyclic amines) is 1. The zero-order valence-corrected chi connectivity index (χ0v) is 21.8. The van der Waals surface area contributed by atoms with Crippen molar-refractivity contribution in [1.29, 1.82) is 0 Å². The first-order chi connectivity index (χ1) is 18.2. The molecule has 37 heavy (non-hydrogen) atoms. The van der Waals surface area contributed by atoms with E-state index < -0.39 is 0 Å². The summed E-state index contributed by atoms with van der Waals surface area (Å²) < 4.78 is 12.1. The largest absolute Gasteiger partial charge is 0.493 e. The highest BCUT2D eigenvalue weighted by molar-refractivity contribution is 6.32. The number of anilines is 2. The summed E-state index contributed by atoms with van der Waals surface area (Å²) in [6.45, 7) is 6.77. The van der Waals surface area contributed by atoms with E-state index in [0.717, 1.165) is 46.9 Å². The lowest BCUT2D eigenvalue weighted by Crippen LogP contribution is -2.34. The summed E-state index contributed by atoms with van der Waals surface area (Å²) in [5.41, 5.74) is 2.46. The molecule has 1 N–H and O–H groups in total. The number of nitrogens with zero attached hydrogens (tertiary/aromatic N) is 4. The van der Waals surface area contributed by atoms with Crippen LogP contribution < -0.4 is 14.8 Å². The molecule has 1 aliphatic rings. The molecule has 1 aliphatic heterocycles. The van der Waals surface area contributed by atoms with Gasteiger partial charge in [-0.3, -0.25) is 4.98 Å². The van der Waals surface area contributed by atoms with Gasteiger partial charge in [0.2, 0.25) is 0 Å². The number of rotatable bonds is 10. The minimum atomic E-state index is 0.349. The van der Waals surface area contributed by atoms with Crippen LogP contribution in [-0.2, 0) is 6.61 Å².